The van der Waals surface area contributed by atoms with Crippen molar-refractivity contribution in [2.75, 3.05) is 23.9 Å². The Morgan fingerprint density at radius 3 is 2.85 bits per heavy atom. The maximum absolute atomic E-state index is 4.13. The predicted molar refractivity (Wildman–Crippen MR) is 82.8 cm³/mol. The van der Waals surface area contributed by atoms with Gasteiger partial charge in [0.05, 0.1) is 17.8 Å². The lowest BCUT2D eigenvalue weighted by Crippen LogP contribution is -2.42. The van der Waals surface area contributed by atoms with Crippen molar-refractivity contribution in [3.63, 3.8) is 0 Å². The molecule has 4 nitrogen and oxygen atoms in total. The summed E-state index contributed by atoms with van der Waals surface area (Å²) in [6.45, 7) is 3.34. The van der Waals surface area contributed by atoms with E-state index in [4.69, 9.17) is 0 Å². The summed E-state index contributed by atoms with van der Waals surface area (Å²) >= 11 is 1.74. The third kappa shape index (κ3) is 1.93. The van der Waals surface area contributed by atoms with E-state index in [1.54, 1.807) is 12.1 Å². The molecule has 3 heterocycles. The fraction of sp³-hybridized carbons (Fsp3) is 0.400. The molecule has 0 unspecified atom stereocenters. The topological polar surface area (TPSA) is 33.1 Å². The first-order valence-corrected chi connectivity index (χ1v) is 7.85. The molecular formula is C15H18N4S. The second-order valence-electron chi connectivity index (χ2n) is 5.59. The number of nitrogens with one attached hydrogen (secondary N) is 1. The minimum atomic E-state index is 0.329. The van der Waals surface area contributed by atoms with Crippen molar-refractivity contribution in [2.45, 2.75) is 18.3 Å². The molecule has 5 heteroatoms. The van der Waals surface area contributed by atoms with Crippen LogP contribution in [0, 0.1) is 0 Å². The van der Waals surface area contributed by atoms with Gasteiger partial charge in [-0.1, -0.05) is 18.2 Å². The van der Waals surface area contributed by atoms with Crippen LogP contribution >= 0.6 is 12.1 Å². The Hall–Kier alpha value is -1.46. The quantitative estimate of drug-likeness (QED) is 0.860. The highest BCUT2D eigenvalue weighted by atomic mass is 32.2. The molecule has 0 saturated carbocycles. The number of piperidine rings is 1. The summed E-state index contributed by atoms with van der Waals surface area (Å²) in [7, 11) is 0. The average molecular weight is 286 g/mol. The Kier molecular flexibility index (Phi) is 2.97. The molecule has 2 aromatic rings. The molecular weight excluding hydrogens is 268 g/mol. The van der Waals surface area contributed by atoms with Gasteiger partial charge in [-0.25, -0.2) is 4.98 Å². The molecule has 0 amide bonds. The maximum Gasteiger partial charge on any atom is 0.106 e. The molecule has 1 spiro atoms. The molecule has 0 radical (unpaired) electrons. The second kappa shape index (κ2) is 4.82. The van der Waals surface area contributed by atoms with Gasteiger partial charge in [-0.05, 0) is 37.6 Å². The summed E-state index contributed by atoms with van der Waals surface area (Å²) in [5, 5.41) is 3.49. The zero-order valence-electron chi connectivity index (χ0n) is 11.3. The standard InChI is InChI=1S/C15H18N4S/c1-2-4-14-13(3-1)15(5-7-16-8-6-15)11-19(14)20-18-10-9-17-12-18/h1-4,9-10,12,16H,5-8,11H2. The Bertz CT molecular complexity index is 590. The number of anilines is 1. The lowest BCUT2D eigenvalue weighted by Gasteiger charge is -2.34. The van der Waals surface area contributed by atoms with Crippen molar-refractivity contribution in [1.29, 1.82) is 0 Å². The molecule has 20 heavy (non-hydrogen) atoms. The van der Waals surface area contributed by atoms with E-state index in [1.807, 2.05) is 18.7 Å². The van der Waals surface area contributed by atoms with Crippen LogP contribution in [0.15, 0.2) is 43.0 Å². The van der Waals surface area contributed by atoms with E-state index in [9.17, 15) is 0 Å². The zero-order chi connectivity index (χ0) is 13.4. The van der Waals surface area contributed by atoms with Crippen LogP contribution in [0.2, 0.25) is 0 Å². The van der Waals surface area contributed by atoms with Gasteiger partial charge in [-0.15, -0.1) is 0 Å². The van der Waals surface area contributed by atoms with Gasteiger partial charge in [0.25, 0.3) is 0 Å². The Morgan fingerprint density at radius 2 is 2.05 bits per heavy atom. The largest absolute Gasteiger partial charge is 0.317 e. The van der Waals surface area contributed by atoms with Crippen LogP contribution in [0.3, 0.4) is 0 Å². The van der Waals surface area contributed by atoms with Crippen molar-refractivity contribution in [3.8, 4) is 0 Å². The predicted octanol–water partition coefficient (Wildman–Crippen LogP) is 2.44. The average Bonchev–Trinajstić information content (AvgIpc) is 3.09. The molecule has 2 aliphatic rings. The van der Waals surface area contributed by atoms with E-state index in [-0.39, 0.29) is 0 Å². The summed E-state index contributed by atoms with van der Waals surface area (Å²) < 4.78 is 4.49. The lowest BCUT2D eigenvalue weighted by atomic mass is 9.75. The van der Waals surface area contributed by atoms with Crippen LogP contribution in [0.1, 0.15) is 18.4 Å². The molecule has 4 rings (SSSR count). The molecule has 0 bridgehead atoms. The highest BCUT2D eigenvalue weighted by Crippen LogP contribution is 2.48. The number of aromatic nitrogens is 2. The number of benzene rings is 1. The molecule has 0 aliphatic carbocycles. The molecule has 1 fully saturated rings. The summed E-state index contributed by atoms with van der Waals surface area (Å²) in [5.41, 5.74) is 3.22. The van der Waals surface area contributed by atoms with Crippen molar-refractivity contribution in [3.05, 3.63) is 48.5 Å². The van der Waals surface area contributed by atoms with Gasteiger partial charge in [-0.2, -0.15) is 0 Å². The molecule has 1 saturated heterocycles. The normalized spacial score (nSPS) is 20.3. The number of para-hydroxylation sites is 1. The number of nitrogens with zero attached hydrogens (tertiary/aromatic N) is 3. The minimum absolute atomic E-state index is 0.329. The Morgan fingerprint density at radius 1 is 1.20 bits per heavy atom. The SMILES string of the molecule is c1ccc2c(c1)N(Sn1ccnc1)CC21CCNCC1. The third-order valence-electron chi connectivity index (χ3n) is 4.42. The summed E-state index contributed by atoms with van der Waals surface area (Å²) in [6, 6.07) is 8.87. The van der Waals surface area contributed by atoms with Gasteiger partial charge in [-0.3, -0.25) is 8.28 Å². The highest BCUT2D eigenvalue weighted by molar-refractivity contribution is 7.99. The second-order valence-corrected chi connectivity index (χ2v) is 6.61. The number of hydrogen-bond donors (Lipinski definition) is 1. The van der Waals surface area contributed by atoms with Crippen LogP contribution < -0.4 is 9.62 Å². The number of rotatable bonds is 2. The summed E-state index contributed by atoms with van der Waals surface area (Å²) in [5.74, 6) is 0. The van der Waals surface area contributed by atoms with Gasteiger partial charge < -0.3 is 5.32 Å². The van der Waals surface area contributed by atoms with Crippen molar-refractivity contribution in [2.24, 2.45) is 0 Å². The van der Waals surface area contributed by atoms with Crippen LogP contribution in [-0.4, -0.2) is 28.6 Å². The first-order chi connectivity index (χ1) is 9.87. The molecule has 104 valence electrons. The molecule has 1 aromatic carbocycles. The van der Waals surface area contributed by atoms with Crippen molar-refractivity contribution >= 4 is 17.8 Å². The molecule has 1 N–H and O–H groups in total. The molecule has 1 aromatic heterocycles. The van der Waals surface area contributed by atoms with Gasteiger partial charge in [0.15, 0.2) is 0 Å². The first kappa shape index (κ1) is 12.3. The maximum atomic E-state index is 4.13. The van der Waals surface area contributed by atoms with Gasteiger partial charge in [0, 0.05) is 24.4 Å². The smallest absolute Gasteiger partial charge is 0.106 e. The van der Waals surface area contributed by atoms with E-state index in [0.717, 1.165) is 19.6 Å². The Balaban J connectivity index is 1.69. The van der Waals surface area contributed by atoms with Crippen molar-refractivity contribution in [1.82, 2.24) is 14.3 Å². The van der Waals surface area contributed by atoms with Crippen LogP contribution in [0.25, 0.3) is 0 Å². The number of imidazole rings is 1. The van der Waals surface area contributed by atoms with E-state index >= 15 is 0 Å². The molecule has 2 aliphatic heterocycles. The minimum Gasteiger partial charge on any atom is -0.317 e. The number of fused-ring (bicyclic) bond motifs is 2. The fourth-order valence-electron chi connectivity index (χ4n) is 3.40. The van der Waals surface area contributed by atoms with Crippen LogP contribution in [0.4, 0.5) is 5.69 Å². The highest BCUT2D eigenvalue weighted by Gasteiger charge is 2.43. The van der Waals surface area contributed by atoms with E-state index in [2.05, 4.69) is 42.8 Å². The zero-order valence-corrected chi connectivity index (χ0v) is 12.1. The lowest BCUT2D eigenvalue weighted by molar-refractivity contribution is 0.331. The van der Waals surface area contributed by atoms with E-state index < -0.39 is 0 Å². The Labute approximate surface area is 123 Å². The van der Waals surface area contributed by atoms with Gasteiger partial charge in [0.1, 0.15) is 6.33 Å². The van der Waals surface area contributed by atoms with E-state index in [1.165, 1.54) is 24.1 Å². The third-order valence-corrected chi connectivity index (χ3v) is 5.35. The summed E-state index contributed by atoms with van der Waals surface area (Å²) in [6.07, 6.45) is 8.15. The molecule has 0 atom stereocenters. The van der Waals surface area contributed by atoms with Crippen molar-refractivity contribution < 1.29 is 0 Å². The van der Waals surface area contributed by atoms with Crippen LogP contribution in [-0.2, 0) is 5.41 Å². The van der Waals surface area contributed by atoms with Crippen LogP contribution in [0.5, 0.6) is 0 Å². The monoisotopic (exact) mass is 286 g/mol. The van der Waals surface area contributed by atoms with Gasteiger partial charge in [0.2, 0.25) is 0 Å². The van der Waals surface area contributed by atoms with E-state index in [0.29, 0.717) is 5.41 Å². The first-order valence-electron chi connectivity index (χ1n) is 7.12. The van der Waals surface area contributed by atoms with Gasteiger partial charge >= 0.3 is 0 Å². The fourth-order valence-corrected chi connectivity index (χ4v) is 4.38. The summed E-state index contributed by atoms with van der Waals surface area (Å²) in [4.78, 5) is 4.13. The number of hydrogen-bond acceptors (Lipinski definition) is 4.